The lowest BCUT2D eigenvalue weighted by molar-refractivity contribution is 0.624. The Morgan fingerprint density at radius 1 is 1.46 bits per heavy atom. The summed E-state index contributed by atoms with van der Waals surface area (Å²) in [6.07, 6.45) is 0.993. The zero-order chi connectivity index (χ0) is 9.84. The van der Waals surface area contributed by atoms with E-state index in [2.05, 4.69) is 12.2 Å². The zero-order valence-electron chi connectivity index (χ0n) is 8.39. The molecule has 0 amide bonds. The van der Waals surface area contributed by atoms with Crippen molar-refractivity contribution >= 4 is 5.69 Å². The molecule has 0 heterocycles. The van der Waals surface area contributed by atoms with Crippen LogP contribution in [-0.4, -0.2) is 6.04 Å². The predicted octanol–water partition coefficient (Wildman–Crippen LogP) is 3.34. The lowest BCUT2D eigenvalue weighted by atomic mass is 10.2. The van der Waals surface area contributed by atoms with E-state index in [1.807, 2.05) is 19.9 Å². The van der Waals surface area contributed by atoms with Gasteiger partial charge in [0.25, 0.3) is 0 Å². The van der Waals surface area contributed by atoms with E-state index in [4.69, 9.17) is 0 Å². The summed E-state index contributed by atoms with van der Waals surface area (Å²) in [5, 5.41) is 3.13. The number of benzene rings is 1. The molecule has 1 nitrogen and oxygen atoms in total. The normalized spacial score (nSPS) is 12.6. The number of halogens is 1. The molecule has 1 unspecified atom stereocenters. The summed E-state index contributed by atoms with van der Waals surface area (Å²) in [7, 11) is 0. The summed E-state index contributed by atoms with van der Waals surface area (Å²) in [6, 6.07) is 5.43. The van der Waals surface area contributed by atoms with Gasteiger partial charge in [-0.1, -0.05) is 13.0 Å². The van der Waals surface area contributed by atoms with Crippen molar-refractivity contribution in [2.45, 2.75) is 33.2 Å². The second-order valence-electron chi connectivity index (χ2n) is 3.44. The molecule has 1 aromatic carbocycles. The molecule has 0 fully saturated rings. The Kier molecular flexibility index (Phi) is 3.29. The second kappa shape index (κ2) is 4.26. The highest BCUT2D eigenvalue weighted by Crippen LogP contribution is 2.16. The third-order valence-corrected chi connectivity index (χ3v) is 2.14. The molecule has 1 N–H and O–H groups in total. The minimum Gasteiger partial charge on any atom is -0.380 e. The average molecular weight is 181 g/mol. The molecule has 0 radical (unpaired) electrons. The summed E-state index contributed by atoms with van der Waals surface area (Å²) < 4.78 is 13.2. The Morgan fingerprint density at radius 3 is 2.77 bits per heavy atom. The Balaban J connectivity index is 2.81. The molecule has 0 aliphatic carbocycles. The van der Waals surface area contributed by atoms with E-state index in [1.54, 1.807) is 6.07 Å². The highest BCUT2D eigenvalue weighted by atomic mass is 19.1. The number of hydrogen-bond acceptors (Lipinski definition) is 1. The highest BCUT2D eigenvalue weighted by Gasteiger charge is 2.04. The van der Waals surface area contributed by atoms with Crippen LogP contribution in [0.1, 0.15) is 25.8 Å². The Bertz CT molecular complexity index is 283. The molecule has 2 heteroatoms. The first kappa shape index (κ1) is 10.0. The van der Waals surface area contributed by atoms with E-state index in [0.717, 1.165) is 12.0 Å². The van der Waals surface area contributed by atoms with Crippen molar-refractivity contribution in [3.63, 3.8) is 0 Å². The molecule has 0 aliphatic heterocycles. The van der Waals surface area contributed by atoms with Crippen molar-refractivity contribution < 1.29 is 4.39 Å². The Labute approximate surface area is 79.0 Å². The average Bonchev–Trinajstić information content (AvgIpc) is 2.11. The van der Waals surface area contributed by atoms with Crippen LogP contribution in [0.5, 0.6) is 0 Å². The molecular formula is C11H16FN. The number of rotatable bonds is 3. The van der Waals surface area contributed by atoms with Crippen LogP contribution in [0.15, 0.2) is 18.2 Å². The molecule has 1 aromatic rings. The van der Waals surface area contributed by atoms with Crippen LogP contribution in [0, 0.1) is 12.7 Å². The van der Waals surface area contributed by atoms with E-state index >= 15 is 0 Å². The maximum Gasteiger partial charge on any atom is 0.146 e. The van der Waals surface area contributed by atoms with E-state index in [9.17, 15) is 4.39 Å². The van der Waals surface area contributed by atoms with Gasteiger partial charge in [-0.2, -0.15) is 0 Å². The van der Waals surface area contributed by atoms with E-state index < -0.39 is 0 Å². The molecule has 0 saturated heterocycles. The SMILES string of the molecule is CCC(C)Nc1cc(C)ccc1F. The third kappa shape index (κ3) is 2.72. The maximum atomic E-state index is 13.2. The minimum absolute atomic E-state index is 0.175. The fraction of sp³-hybridized carbons (Fsp3) is 0.455. The quantitative estimate of drug-likeness (QED) is 0.754. The number of aryl methyl sites for hydroxylation is 1. The van der Waals surface area contributed by atoms with Gasteiger partial charge in [0, 0.05) is 6.04 Å². The third-order valence-electron chi connectivity index (χ3n) is 2.14. The summed E-state index contributed by atoms with van der Waals surface area (Å²) in [4.78, 5) is 0. The lowest BCUT2D eigenvalue weighted by Crippen LogP contribution is -2.14. The van der Waals surface area contributed by atoms with Crippen LogP contribution in [0.25, 0.3) is 0 Å². The van der Waals surface area contributed by atoms with Gasteiger partial charge < -0.3 is 5.32 Å². The van der Waals surface area contributed by atoms with Gasteiger partial charge in [0.2, 0.25) is 0 Å². The zero-order valence-corrected chi connectivity index (χ0v) is 8.39. The van der Waals surface area contributed by atoms with Crippen LogP contribution < -0.4 is 5.32 Å². The van der Waals surface area contributed by atoms with Crippen molar-refractivity contribution in [2.24, 2.45) is 0 Å². The minimum atomic E-state index is -0.175. The monoisotopic (exact) mass is 181 g/mol. The number of nitrogens with one attached hydrogen (secondary N) is 1. The van der Waals surface area contributed by atoms with E-state index in [-0.39, 0.29) is 5.82 Å². The summed E-state index contributed by atoms with van der Waals surface area (Å²) in [6.45, 7) is 6.08. The molecule has 0 spiro atoms. The number of anilines is 1. The molecule has 13 heavy (non-hydrogen) atoms. The standard InChI is InChI=1S/C11H16FN/c1-4-9(3)13-11-7-8(2)5-6-10(11)12/h5-7,9,13H,4H2,1-3H3. The molecule has 1 rings (SSSR count). The molecule has 1 atom stereocenters. The van der Waals surface area contributed by atoms with Crippen molar-refractivity contribution in [1.82, 2.24) is 0 Å². The maximum absolute atomic E-state index is 13.2. The highest BCUT2D eigenvalue weighted by molar-refractivity contribution is 5.47. The smallest absolute Gasteiger partial charge is 0.146 e. The molecule has 0 bridgehead atoms. The Morgan fingerprint density at radius 2 is 2.15 bits per heavy atom. The lowest BCUT2D eigenvalue weighted by Gasteiger charge is -2.13. The van der Waals surface area contributed by atoms with E-state index in [1.165, 1.54) is 6.07 Å². The second-order valence-corrected chi connectivity index (χ2v) is 3.44. The molecule has 0 aliphatic rings. The van der Waals surface area contributed by atoms with Crippen molar-refractivity contribution in [3.8, 4) is 0 Å². The summed E-state index contributed by atoms with van der Waals surface area (Å²) in [5.41, 5.74) is 1.68. The van der Waals surface area contributed by atoms with Crippen molar-refractivity contribution in [3.05, 3.63) is 29.6 Å². The van der Waals surface area contributed by atoms with Crippen molar-refractivity contribution in [2.75, 3.05) is 5.32 Å². The molecule has 72 valence electrons. The summed E-state index contributed by atoms with van der Waals surface area (Å²) in [5.74, 6) is -0.175. The topological polar surface area (TPSA) is 12.0 Å². The van der Waals surface area contributed by atoms with Gasteiger partial charge in [0.1, 0.15) is 5.82 Å². The van der Waals surface area contributed by atoms with Gasteiger partial charge in [-0.25, -0.2) is 4.39 Å². The van der Waals surface area contributed by atoms with Gasteiger partial charge in [0.15, 0.2) is 0 Å². The first-order valence-electron chi connectivity index (χ1n) is 4.66. The van der Waals surface area contributed by atoms with Gasteiger partial charge in [-0.3, -0.25) is 0 Å². The van der Waals surface area contributed by atoms with Gasteiger partial charge in [-0.05, 0) is 38.0 Å². The first-order chi connectivity index (χ1) is 6.13. The fourth-order valence-electron chi connectivity index (χ4n) is 1.12. The van der Waals surface area contributed by atoms with Crippen molar-refractivity contribution in [1.29, 1.82) is 0 Å². The molecular weight excluding hydrogens is 165 g/mol. The van der Waals surface area contributed by atoms with Crippen LogP contribution >= 0.6 is 0 Å². The van der Waals surface area contributed by atoms with Gasteiger partial charge in [-0.15, -0.1) is 0 Å². The fourth-order valence-corrected chi connectivity index (χ4v) is 1.12. The predicted molar refractivity (Wildman–Crippen MR) is 54.5 cm³/mol. The van der Waals surface area contributed by atoms with Gasteiger partial charge >= 0.3 is 0 Å². The van der Waals surface area contributed by atoms with Gasteiger partial charge in [0.05, 0.1) is 5.69 Å². The van der Waals surface area contributed by atoms with Crippen LogP contribution in [0.3, 0.4) is 0 Å². The number of hydrogen-bond donors (Lipinski definition) is 1. The van der Waals surface area contributed by atoms with Crippen LogP contribution in [0.2, 0.25) is 0 Å². The van der Waals surface area contributed by atoms with Crippen LogP contribution in [-0.2, 0) is 0 Å². The summed E-state index contributed by atoms with van der Waals surface area (Å²) >= 11 is 0. The van der Waals surface area contributed by atoms with Crippen LogP contribution in [0.4, 0.5) is 10.1 Å². The first-order valence-corrected chi connectivity index (χ1v) is 4.66. The molecule has 0 aromatic heterocycles. The molecule has 0 saturated carbocycles. The van der Waals surface area contributed by atoms with E-state index in [0.29, 0.717) is 11.7 Å². The Hall–Kier alpha value is -1.05. The largest absolute Gasteiger partial charge is 0.380 e.